The number of hydrogen-bond acceptors (Lipinski definition) is 3. The van der Waals surface area contributed by atoms with Gasteiger partial charge in [0.2, 0.25) is 0 Å². The van der Waals surface area contributed by atoms with Crippen LogP contribution in [-0.2, 0) is 7.05 Å². The first-order valence-electron chi connectivity index (χ1n) is 6.22. The molecule has 0 unspecified atom stereocenters. The lowest BCUT2D eigenvalue weighted by molar-refractivity contribution is 0.783. The van der Waals surface area contributed by atoms with Gasteiger partial charge < -0.3 is 5.73 Å². The number of aromatic nitrogens is 2. The lowest BCUT2D eigenvalue weighted by atomic mass is 10.00. The highest BCUT2D eigenvalue weighted by Gasteiger charge is 2.19. The van der Waals surface area contributed by atoms with Gasteiger partial charge in [0.25, 0.3) is 0 Å². The van der Waals surface area contributed by atoms with Gasteiger partial charge >= 0.3 is 0 Å². The Kier molecular flexibility index (Phi) is 3.40. The van der Waals surface area contributed by atoms with Crippen LogP contribution in [-0.4, -0.2) is 9.78 Å². The zero-order valence-corrected chi connectivity index (χ0v) is 13.6. The Balaban J connectivity index is 2.28. The summed E-state index contributed by atoms with van der Waals surface area (Å²) in [6, 6.07) is 12.4. The van der Waals surface area contributed by atoms with E-state index in [1.165, 1.54) is 5.56 Å². The van der Waals surface area contributed by atoms with Crippen molar-refractivity contribution in [3.05, 3.63) is 45.7 Å². The molecular formula is C15H14BrN3S. The van der Waals surface area contributed by atoms with Gasteiger partial charge in [0.05, 0.1) is 14.2 Å². The molecule has 0 saturated heterocycles. The van der Waals surface area contributed by atoms with E-state index in [0.717, 1.165) is 25.5 Å². The average molecular weight is 348 g/mol. The minimum Gasteiger partial charge on any atom is -0.383 e. The third-order valence-electron chi connectivity index (χ3n) is 3.31. The number of nitrogens with two attached hydrogens (primary N) is 1. The van der Waals surface area contributed by atoms with Crippen LogP contribution in [0.4, 0.5) is 5.82 Å². The summed E-state index contributed by atoms with van der Waals surface area (Å²) in [6.45, 7) is 2.09. The molecule has 0 radical (unpaired) electrons. The van der Waals surface area contributed by atoms with E-state index in [1.54, 1.807) is 16.0 Å². The van der Waals surface area contributed by atoms with Crippen LogP contribution in [0.1, 0.15) is 5.56 Å². The third kappa shape index (κ3) is 2.17. The Morgan fingerprint density at radius 2 is 1.95 bits per heavy atom. The molecule has 0 atom stereocenters. The summed E-state index contributed by atoms with van der Waals surface area (Å²) in [4.78, 5) is 1.11. The molecule has 0 fully saturated rings. The maximum atomic E-state index is 6.24. The minimum absolute atomic E-state index is 0.693. The fourth-order valence-corrected chi connectivity index (χ4v) is 3.65. The standard InChI is InChI=1S/C15H14BrN3S/c1-9-5-3-4-6-10(9)13-14(18-19(2)15(13)17)11-7-8-12(16)20-11/h3-8H,17H2,1-2H3. The molecule has 2 heterocycles. The average Bonchev–Trinajstić information content (AvgIpc) is 2.96. The first kappa shape index (κ1) is 13.4. The number of benzene rings is 1. The highest BCUT2D eigenvalue weighted by Crippen LogP contribution is 2.40. The topological polar surface area (TPSA) is 43.8 Å². The number of thiophene rings is 1. The van der Waals surface area contributed by atoms with Crippen LogP contribution in [0.25, 0.3) is 21.7 Å². The van der Waals surface area contributed by atoms with E-state index < -0.39 is 0 Å². The quantitative estimate of drug-likeness (QED) is 0.743. The van der Waals surface area contributed by atoms with Crippen LogP contribution in [0.3, 0.4) is 0 Å². The summed E-state index contributed by atoms with van der Waals surface area (Å²) in [6.07, 6.45) is 0. The van der Waals surface area contributed by atoms with E-state index in [2.05, 4.69) is 46.2 Å². The van der Waals surface area contributed by atoms with Gasteiger partial charge in [-0.3, -0.25) is 4.68 Å². The van der Waals surface area contributed by atoms with Crippen LogP contribution < -0.4 is 5.73 Å². The number of rotatable bonds is 2. The molecule has 3 aromatic rings. The molecule has 0 aliphatic carbocycles. The number of anilines is 1. The second-order valence-corrected chi connectivity index (χ2v) is 7.11. The minimum atomic E-state index is 0.693. The molecule has 0 saturated carbocycles. The molecule has 20 heavy (non-hydrogen) atoms. The first-order chi connectivity index (χ1) is 9.58. The second-order valence-electron chi connectivity index (χ2n) is 4.65. The molecular weight excluding hydrogens is 334 g/mol. The molecule has 0 bridgehead atoms. The number of nitrogen functional groups attached to an aromatic ring is 1. The molecule has 102 valence electrons. The van der Waals surface area contributed by atoms with Crippen LogP contribution in [0.2, 0.25) is 0 Å². The molecule has 2 aromatic heterocycles. The van der Waals surface area contributed by atoms with Gasteiger partial charge in [0.1, 0.15) is 11.5 Å². The van der Waals surface area contributed by atoms with Gasteiger partial charge in [-0.25, -0.2) is 0 Å². The lowest BCUT2D eigenvalue weighted by Gasteiger charge is -2.06. The van der Waals surface area contributed by atoms with E-state index in [0.29, 0.717) is 5.82 Å². The predicted octanol–water partition coefficient (Wildman–Crippen LogP) is 4.47. The van der Waals surface area contributed by atoms with Gasteiger partial charge in [-0.15, -0.1) is 11.3 Å². The Hall–Kier alpha value is -1.59. The lowest BCUT2D eigenvalue weighted by Crippen LogP contribution is -1.98. The molecule has 3 nitrogen and oxygen atoms in total. The maximum absolute atomic E-state index is 6.24. The SMILES string of the molecule is Cc1ccccc1-c1c(-c2ccc(Br)s2)nn(C)c1N. The monoisotopic (exact) mass is 347 g/mol. The summed E-state index contributed by atoms with van der Waals surface area (Å²) in [7, 11) is 1.88. The van der Waals surface area contributed by atoms with Gasteiger partial charge in [0, 0.05) is 7.05 Å². The zero-order valence-electron chi connectivity index (χ0n) is 11.2. The van der Waals surface area contributed by atoms with E-state index in [1.807, 2.05) is 25.2 Å². The van der Waals surface area contributed by atoms with Crippen molar-refractivity contribution in [3.8, 4) is 21.7 Å². The highest BCUT2D eigenvalue weighted by molar-refractivity contribution is 9.11. The Labute approximate surface area is 130 Å². The Bertz CT molecular complexity index is 773. The molecule has 5 heteroatoms. The van der Waals surface area contributed by atoms with Crippen LogP contribution >= 0.6 is 27.3 Å². The van der Waals surface area contributed by atoms with E-state index in [9.17, 15) is 0 Å². The van der Waals surface area contributed by atoms with Gasteiger partial charge in [-0.05, 0) is 46.1 Å². The summed E-state index contributed by atoms with van der Waals surface area (Å²) < 4.78 is 2.83. The van der Waals surface area contributed by atoms with Gasteiger partial charge in [0.15, 0.2) is 0 Å². The molecule has 0 aliphatic heterocycles. The van der Waals surface area contributed by atoms with Gasteiger partial charge in [-0.1, -0.05) is 24.3 Å². The number of halogens is 1. The van der Waals surface area contributed by atoms with Gasteiger partial charge in [-0.2, -0.15) is 5.10 Å². The number of hydrogen-bond donors (Lipinski definition) is 1. The van der Waals surface area contributed by atoms with Crippen molar-refractivity contribution >= 4 is 33.1 Å². The normalized spacial score (nSPS) is 10.9. The summed E-state index contributed by atoms with van der Waals surface area (Å²) in [5, 5.41) is 4.59. The summed E-state index contributed by atoms with van der Waals surface area (Å²) in [5.41, 5.74) is 10.5. The van der Waals surface area contributed by atoms with Crippen LogP contribution in [0.15, 0.2) is 40.2 Å². The molecule has 2 N–H and O–H groups in total. The van der Waals surface area contributed by atoms with E-state index in [4.69, 9.17) is 5.73 Å². The predicted molar refractivity (Wildman–Crippen MR) is 88.8 cm³/mol. The largest absolute Gasteiger partial charge is 0.383 e. The molecule has 3 rings (SSSR count). The Morgan fingerprint density at radius 3 is 2.60 bits per heavy atom. The molecule has 0 spiro atoms. The highest BCUT2D eigenvalue weighted by atomic mass is 79.9. The van der Waals surface area contributed by atoms with Crippen molar-refractivity contribution in [3.63, 3.8) is 0 Å². The van der Waals surface area contributed by atoms with Crippen molar-refractivity contribution < 1.29 is 0 Å². The van der Waals surface area contributed by atoms with Crippen LogP contribution in [0, 0.1) is 6.92 Å². The van der Waals surface area contributed by atoms with Crippen molar-refractivity contribution in [2.45, 2.75) is 6.92 Å². The van der Waals surface area contributed by atoms with Crippen molar-refractivity contribution in [1.29, 1.82) is 0 Å². The third-order valence-corrected chi connectivity index (χ3v) is 4.94. The molecule has 0 aliphatic rings. The van der Waals surface area contributed by atoms with E-state index in [-0.39, 0.29) is 0 Å². The first-order valence-corrected chi connectivity index (χ1v) is 7.83. The fourth-order valence-electron chi connectivity index (χ4n) is 2.27. The maximum Gasteiger partial charge on any atom is 0.129 e. The van der Waals surface area contributed by atoms with Crippen molar-refractivity contribution in [2.75, 3.05) is 5.73 Å². The Morgan fingerprint density at radius 1 is 1.20 bits per heavy atom. The van der Waals surface area contributed by atoms with Crippen molar-refractivity contribution in [1.82, 2.24) is 9.78 Å². The smallest absolute Gasteiger partial charge is 0.129 e. The number of aryl methyl sites for hydroxylation is 2. The van der Waals surface area contributed by atoms with Crippen molar-refractivity contribution in [2.24, 2.45) is 7.05 Å². The fraction of sp³-hybridized carbons (Fsp3) is 0.133. The zero-order chi connectivity index (χ0) is 14.3. The number of nitrogens with zero attached hydrogens (tertiary/aromatic N) is 2. The van der Waals surface area contributed by atoms with Crippen LogP contribution in [0.5, 0.6) is 0 Å². The van der Waals surface area contributed by atoms with E-state index >= 15 is 0 Å². The molecule has 1 aromatic carbocycles. The summed E-state index contributed by atoms with van der Waals surface area (Å²) in [5.74, 6) is 0.693. The molecule has 0 amide bonds. The second kappa shape index (κ2) is 5.07. The summed E-state index contributed by atoms with van der Waals surface area (Å²) >= 11 is 5.17.